The van der Waals surface area contributed by atoms with Gasteiger partial charge < -0.3 is 10.4 Å². The highest BCUT2D eigenvalue weighted by Crippen LogP contribution is 2.28. The standard InChI is InChI=1S/C19H28N2O2S/c1-18(2,14-20-17(22)19(23)8-11-24-12-9-19)21-10-7-15-5-3-4-6-16(15)13-21/h3-6,23H,7-14H2,1-2H3,(H,20,22). The number of rotatable bonds is 4. The zero-order valence-electron chi connectivity index (χ0n) is 14.7. The van der Waals surface area contributed by atoms with Crippen LogP contribution in [0, 0.1) is 0 Å². The zero-order chi connectivity index (χ0) is 17.2. The van der Waals surface area contributed by atoms with Gasteiger partial charge in [-0.25, -0.2) is 0 Å². The van der Waals surface area contributed by atoms with Gasteiger partial charge in [0.2, 0.25) is 0 Å². The minimum absolute atomic E-state index is 0.136. The summed E-state index contributed by atoms with van der Waals surface area (Å²) < 4.78 is 0. The van der Waals surface area contributed by atoms with Gasteiger partial charge in [-0.3, -0.25) is 9.69 Å². The number of carbonyl (C=O) groups excluding carboxylic acids is 1. The van der Waals surface area contributed by atoms with E-state index in [1.54, 1.807) is 11.8 Å². The Kier molecular flexibility index (Phi) is 5.23. The molecule has 2 heterocycles. The zero-order valence-corrected chi connectivity index (χ0v) is 15.5. The molecule has 4 nitrogen and oxygen atoms in total. The Morgan fingerprint density at radius 1 is 1.29 bits per heavy atom. The topological polar surface area (TPSA) is 52.6 Å². The summed E-state index contributed by atoms with van der Waals surface area (Å²) in [4.78, 5) is 14.9. The van der Waals surface area contributed by atoms with Crippen molar-refractivity contribution in [3.8, 4) is 0 Å². The second-order valence-corrected chi connectivity index (χ2v) is 8.80. The van der Waals surface area contributed by atoms with Crippen LogP contribution >= 0.6 is 11.8 Å². The van der Waals surface area contributed by atoms with E-state index >= 15 is 0 Å². The van der Waals surface area contributed by atoms with Gasteiger partial charge in [0.05, 0.1) is 0 Å². The van der Waals surface area contributed by atoms with Crippen molar-refractivity contribution in [1.29, 1.82) is 0 Å². The van der Waals surface area contributed by atoms with Crippen LogP contribution in [0.25, 0.3) is 0 Å². The molecule has 1 saturated heterocycles. The summed E-state index contributed by atoms with van der Waals surface area (Å²) >= 11 is 1.81. The second kappa shape index (κ2) is 7.06. The highest BCUT2D eigenvalue weighted by atomic mass is 32.2. The molecule has 2 aliphatic heterocycles. The van der Waals surface area contributed by atoms with E-state index in [1.807, 2.05) is 0 Å². The lowest BCUT2D eigenvalue weighted by Crippen LogP contribution is -2.57. The molecule has 1 amide bonds. The molecule has 0 aromatic heterocycles. The van der Waals surface area contributed by atoms with Crippen molar-refractivity contribution in [1.82, 2.24) is 10.2 Å². The number of nitrogens with zero attached hydrogens (tertiary/aromatic N) is 1. The molecular weight excluding hydrogens is 320 g/mol. The Balaban J connectivity index is 1.59. The van der Waals surface area contributed by atoms with E-state index in [0.717, 1.165) is 31.0 Å². The van der Waals surface area contributed by atoms with Crippen molar-refractivity contribution in [3.05, 3.63) is 35.4 Å². The molecule has 3 rings (SSSR count). The molecule has 1 aromatic rings. The Morgan fingerprint density at radius 2 is 1.96 bits per heavy atom. The van der Waals surface area contributed by atoms with Gasteiger partial charge in [0, 0.05) is 25.2 Å². The molecule has 0 aliphatic carbocycles. The predicted molar refractivity (Wildman–Crippen MR) is 99.2 cm³/mol. The van der Waals surface area contributed by atoms with Crippen molar-refractivity contribution in [2.75, 3.05) is 24.6 Å². The normalized spacial score (nSPS) is 21.1. The van der Waals surface area contributed by atoms with Crippen LogP contribution in [-0.2, 0) is 17.8 Å². The average molecular weight is 349 g/mol. The Morgan fingerprint density at radius 3 is 2.67 bits per heavy atom. The van der Waals surface area contributed by atoms with Crippen LogP contribution in [-0.4, -0.2) is 51.6 Å². The summed E-state index contributed by atoms with van der Waals surface area (Å²) in [6, 6.07) is 8.59. The summed E-state index contributed by atoms with van der Waals surface area (Å²) in [5.74, 6) is 1.51. The van der Waals surface area contributed by atoms with Gasteiger partial charge in [0.25, 0.3) is 5.91 Å². The molecule has 0 bridgehead atoms. The summed E-state index contributed by atoms with van der Waals surface area (Å²) in [5, 5.41) is 13.6. The fourth-order valence-corrected chi connectivity index (χ4v) is 4.69. The lowest BCUT2D eigenvalue weighted by atomic mass is 9.92. The van der Waals surface area contributed by atoms with Gasteiger partial charge in [-0.2, -0.15) is 11.8 Å². The SMILES string of the molecule is CC(C)(CNC(=O)C1(O)CCSCC1)N1CCc2ccccc2C1. The molecule has 2 N–H and O–H groups in total. The highest BCUT2D eigenvalue weighted by Gasteiger charge is 2.38. The first-order chi connectivity index (χ1) is 11.4. The van der Waals surface area contributed by atoms with Gasteiger partial charge in [-0.1, -0.05) is 24.3 Å². The van der Waals surface area contributed by atoms with E-state index in [9.17, 15) is 9.90 Å². The highest BCUT2D eigenvalue weighted by molar-refractivity contribution is 7.99. The second-order valence-electron chi connectivity index (χ2n) is 7.58. The van der Waals surface area contributed by atoms with E-state index in [-0.39, 0.29) is 11.4 Å². The van der Waals surface area contributed by atoms with Gasteiger partial charge >= 0.3 is 0 Å². The Bertz CT molecular complexity index is 597. The number of carbonyl (C=O) groups is 1. The summed E-state index contributed by atoms with van der Waals surface area (Å²) in [6.45, 7) is 6.81. The maximum absolute atomic E-state index is 12.5. The van der Waals surface area contributed by atoms with Crippen LogP contribution in [0.2, 0.25) is 0 Å². The van der Waals surface area contributed by atoms with E-state index in [1.165, 1.54) is 11.1 Å². The molecule has 5 heteroatoms. The first-order valence-electron chi connectivity index (χ1n) is 8.81. The first-order valence-corrected chi connectivity index (χ1v) is 9.96. The third kappa shape index (κ3) is 3.79. The smallest absolute Gasteiger partial charge is 0.252 e. The molecule has 2 aliphatic rings. The molecule has 0 atom stereocenters. The van der Waals surface area contributed by atoms with Crippen LogP contribution in [0.4, 0.5) is 0 Å². The number of hydrogen-bond acceptors (Lipinski definition) is 4. The van der Waals surface area contributed by atoms with Crippen LogP contribution in [0.5, 0.6) is 0 Å². The molecule has 1 aromatic carbocycles. The van der Waals surface area contributed by atoms with Crippen molar-refractivity contribution in [3.63, 3.8) is 0 Å². The van der Waals surface area contributed by atoms with Gasteiger partial charge in [-0.05, 0) is 55.7 Å². The number of fused-ring (bicyclic) bond motifs is 1. The number of aliphatic hydroxyl groups is 1. The van der Waals surface area contributed by atoms with Crippen LogP contribution < -0.4 is 5.32 Å². The lowest BCUT2D eigenvalue weighted by Gasteiger charge is -2.42. The minimum atomic E-state index is -1.17. The maximum Gasteiger partial charge on any atom is 0.252 e. The van der Waals surface area contributed by atoms with E-state index in [4.69, 9.17) is 0 Å². The molecule has 24 heavy (non-hydrogen) atoms. The van der Waals surface area contributed by atoms with Crippen molar-refractivity contribution in [2.45, 2.75) is 50.8 Å². The minimum Gasteiger partial charge on any atom is -0.380 e. The van der Waals surface area contributed by atoms with Crippen LogP contribution in [0.1, 0.15) is 37.8 Å². The number of benzene rings is 1. The van der Waals surface area contributed by atoms with Crippen molar-refractivity contribution < 1.29 is 9.90 Å². The summed E-state index contributed by atoms with van der Waals surface area (Å²) in [5.41, 5.74) is 1.51. The first kappa shape index (κ1) is 17.8. The molecule has 1 fully saturated rings. The van der Waals surface area contributed by atoms with Crippen LogP contribution in [0.15, 0.2) is 24.3 Å². The third-order valence-corrected chi connectivity index (χ3v) is 6.40. The molecule has 0 saturated carbocycles. The summed E-state index contributed by atoms with van der Waals surface area (Å²) in [6.07, 6.45) is 2.16. The van der Waals surface area contributed by atoms with E-state index < -0.39 is 5.60 Å². The molecule has 132 valence electrons. The number of amides is 1. The van der Waals surface area contributed by atoms with E-state index in [2.05, 4.69) is 48.3 Å². The predicted octanol–water partition coefficient (Wildman–Crippen LogP) is 2.20. The van der Waals surface area contributed by atoms with Gasteiger partial charge in [0.1, 0.15) is 5.60 Å². The number of nitrogens with one attached hydrogen (secondary N) is 1. The molecule has 0 spiro atoms. The quantitative estimate of drug-likeness (QED) is 0.876. The molecular formula is C19H28N2O2S. The van der Waals surface area contributed by atoms with E-state index in [0.29, 0.717) is 19.4 Å². The van der Waals surface area contributed by atoms with Gasteiger partial charge in [-0.15, -0.1) is 0 Å². The number of hydrogen-bond donors (Lipinski definition) is 2. The molecule has 0 unspecified atom stereocenters. The molecule has 0 radical (unpaired) electrons. The lowest BCUT2D eigenvalue weighted by molar-refractivity contribution is -0.141. The van der Waals surface area contributed by atoms with Crippen LogP contribution in [0.3, 0.4) is 0 Å². The third-order valence-electron chi connectivity index (χ3n) is 5.41. The number of thioether (sulfide) groups is 1. The maximum atomic E-state index is 12.5. The monoisotopic (exact) mass is 348 g/mol. The summed E-state index contributed by atoms with van der Waals surface area (Å²) in [7, 11) is 0. The van der Waals surface area contributed by atoms with Crippen molar-refractivity contribution >= 4 is 17.7 Å². The largest absolute Gasteiger partial charge is 0.380 e. The Labute approximate surface area is 149 Å². The fraction of sp³-hybridized carbons (Fsp3) is 0.632. The average Bonchev–Trinajstić information content (AvgIpc) is 2.60. The fourth-order valence-electron chi connectivity index (χ4n) is 3.52. The Hall–Kier alpha value is -1.04. The van der Waals surface area contributed by atoms with Gasteiger partial charge in [0.15, 0.2) is 0 Å². The van der Waals surface area contributed by atoms with Crippen molar-refractivity contribution in [2.24, 2.45) is 0 Å².